The fraction of sp³-hybridized carbons (Fsp3) is 0.286. The van der Waals surface area contributed by atoms with Gasteiger partial charge in [-0.1, -0.05) is 0 Å². The normalized spacial score (nSPS) is 17.7. The average molecular weight is 425 g/mol. The standard InChI is InChI=1S/C21H19N3O7/c1-30-12-5-7-16-14(10-12)19(25)22-9-3-4-18(22)21(27)23(16)20(26)15-11-13(31-2)6-8-17(15)24(28)29/h5-8,10-11,18H,3-4,9H2,1-2H3/t18-/m0/s1. The topological polar surface area (TPSA) is 119 Å². The number of nitro benzene ring substituents is 1. The first-order chi connectivity index (χ1) is 14.9. The first-order valence-electron chi connectivity index (χ1n) is 9.57. The van der Waals surface area contributed by atoms with E-state index in [4.69, 9.17) is 9.47 Å². The molecule has 160 valence electrons. The Morgan fingerprint density at radius 3 is 2.45 bits per heavy atom. The van der Waals surface area contributed by atoms with Gasteiger partial charge >= 0.3 is 0 Å². The maximum atomic E-state index is 13.6. The lowest BCUT2D eigenvalue weighted by Crippen LogP contribution is -2.47. The summed E-state index contributed by atoms with van der Waals surface area (Å²) >= 11 is 0. The van der Waals surface area contributed by atoms with Crippen molar-refractivity contribution in [2.45, 2.75) is 18.9 Å². The molecule has 4 rings (SSSR count). The summed E-state index contributed by atoms with van der Waals surface area (Å²) < 4.78 is 10.3. The van der Waals surface area contributed by atoms with Crippen molar-refractivity contribution in [1.29, 1.82) is 0 Å². The molecule has 2 aliphatic rings. The summed E-state index contributed by atoms with van der Waals surface area (Å²) in [6.45, 7) is 0.382. The molecule has 0 aromatic heterocycles. The third kappa shape index (κ3) is 3.25. The van der Waals surface area contributed by atoms with Gasteiger partial charge in [0, 0.05) is 12.6 Å². The number of nitro groups is 1. The molecule has 2 aromatic rings. The molecule has 0 bridgehead atoms. The van der Waals surface area contributed by atoms with Gasteiger partial charge in [0.05, 0.1) is 30.4 Å². The van der Waals surface area contributed by atoms with E-state index in [0.29, 0.717) is 25.1 Å². The van der Waals surface area contributed by atoms with Gasteiger partial charge in [0.1, 0.15) is 23.1 Å². The lowest BCUT2D eigenvalue weighted by Gasteiger charge is -2.24. The number of amides is 3. The van der Waals surface area contributed by atoms with Gasteiger partial charge in [-0.05, 0) is 43.2 Å². The highest BCUT2D eigenvalue weighted by Gasteiger charge is 2.45. The maximum Gasteiger partial charge on any atom is 0.282 e. The van der Waals surface area contributed by atoms with Crippen LogP contribution in [0.2, 0.25) is 0 Å². The number of fused-ring (bicyclic) bond motifs is 2. The number of anilines is 1. The van der Waals surface area contributed by atoms with Gasteiger partial charge in [-0.3, -0.25) is 24.5 Å². The Hall–Kier alpha value is -3.95. The van der Waals surface area contributed by atoms with Crippen LogP contribution < -0.4 is 14.4 Å². The van der Waals surface area contributed by atoms with Crippen LogP contribution in [0, 0.1) is 10.1 Å². The zero-order valence-corrected chi connectivity index (χ0v) is 16.9. The van der Waals surface area contributed by atoms with Crippen LogP contribution in [0.5, 0.6) is 11.5 Å². The van der Waals surface area contributed by atoms with E-state index in [1.54, 1.807) is 0 Å². The second kappa shape index (κ2) is 7.71. The Bertz CT molecular complexity index is 1110. The molecule has 0 aliphatic carbocycles. The summed E-state index contributed by atoms with van der Waals surface area (Å²) in [5.41, 5.74) is -0.589. The summed E-state index contributed by atoms with van der Waals surface area (Å²) in [6.07, 6.45) is 1.02. The van der Waals surface area contributed by atoms with Gasteiger partial charge in [-0.15, -0.1) is 0 Å². The number of benzene rings is 2. The second-order valence-corrected chi connectivity index (χ2v) is 7.16. The fourth-order valence-electron chi connectivity index (χ4n) is 4.00. The number of carbonyl (C=O) groups excluding carboxylic acids is 3. The third-order valence-corrected chi connectivity index (χ3v) is 5.53. The maximum absolute atomic E-state index is 13.6. The van der Waals surface area contributed by atoms with Crippen LogP contribution in [-0.4, -0.2) is 54.4 Å². The van der Waals surface area contributed by atoms with Crippen LogP contribution >= 0.6 is 0 Å². The molecule has 10 nitrogen and oxygen atoms in total. The number of methoxy groups -OCH3 is 2. The highest BCUT2D eigenvalue weighted by molar-refractivity contribution is 6.27. The zero-order chi connectivity index (χ0) is 22.3. The lowest BCUT2D eigenvalue weighted by atomic mass is 10.1. The summed E-state index contributed by atoms with van der Waals surface area (Å²) in [5, 5.41) is 11.6. The summed E-state index contributed by atoms with van der Waals surface area (Å²) in [6, 6.07) is 7.34. The van der Waals surface area contributed by atoms with Crippen molar-refractivity contribution in [3.8, 4) is 11.5 Å². The number of nitrogens with zero attached hydrogens (tertiary/aromatic N) is 3. The monoisotopic (exact) mass is 425 g/mol. The van der Waals surface area contributed by atoms with Crippen molar-refractivity contribution < 1.29 is 28.8 Å². The number of hydrogen-bond acceptors (Lipinski definition) is 7. The van der Waals surface area contributed by atoms with Crippen LogP contribution in [-0.2, 0) is 4.79 Å². The van der Waals surface area contributed by atoms with Gasteiger partial charge in [0.15, 0.2) is 0 Å². The van der Waals surface area contributed by atoms with Crippen molar-refractivity contribution in [2.75, 3.05) is 25.7 Å². The van der Waals surface area contributed by atoms with Crippen molar-refractivity contribution in [3.05, 3.63) is 57.6 Å². The number of rotatable bonds is 4. The molecule has 0 spiro atoms. The second-order valence-electron chi connectivity index (χ2n) is 7.16. The molecule has 2 aliphatic heterocycles. The molecule has 2 aromatic carbocycles. The molecule has 1 saturated heterocycles. The van der Waals surface area contributed by atoms with Crippen LogP contribution in [0.25, 0.3) is 0 Å². The lowest BCUT2D eigenvalue weighted by molar-refractivity contribution is -0.385. The predicted octanol–water partition coefficient (Wildman–Crippen LogP) is 2.40. The van der Waals surface area contributed by atoms with Crippen LogP contribution in [0.3, 0.4) is 0 Å². The van der Waals surface area contributed by atoms with Crippen LogP contribution in [0.1, 0.15) is 33.6 Å². The summed E-state index contributed by atoms with van der Waals surface area (Å²) in [4.78, 5) is 53.3. The SMILES string of the molecule is COc1ccc2c(c1)C(=O)N1CCC[C@H]1C(=O)N2C(=O)c1cc(OC)ccc1[N+](=O)[O-]. The van der Waals surface area contributed by atoms with Crippen LogP contribution in [0.15, 0.2) is 36.4 Å². The molecule has 0 radical (unpaired) electrons. The minimum absolute atomic E-state index is 0.0623. The van der Waals surface area contributed by atoms with Gasteiger partial charge in [0.2, 0.25) is 0 Å². The molecule has 3 amide bonds. The van der Waals surface area contributed by atoms with Gasteiger partial charge in [0.25, 0.3) is 23.4 Å². The first-order valence-corrected chi connectivity index (χ1v) is 9.57. The smallest absolute Gasteiger partial charge is 0.282 e. The van der Waals surface area contributed by atoms with Crippen molar-refractivity contribution in [2.24, 2.45) is 0 Å². The molecule has 0 N–H and O–H groups in total. The fourth-order valence-corrected chi connectivity index (χ4v) is 4.00. The highest BCUT2D eigenvalue weighted by Crippen LogP contribution is 2.36. The zero-order valence-electron chi connectivity index (χ0n) is 16.9. The molecular formula is C21H19N3O7. The molecule has 1 atom stereocenters. The van der Waals surface area contributed by atoms with E-state index in [9.17, 15) is 24.5 Å². The third-order valence-electron chi connectivity index (χ3n) is 5.53. The number of carbonyl (C=O) groups is 3. The first kappa shape index (κ1) is 20.3. The Labute approximate surface area is 177 Å². The van der Waals surface area contributed by atoms with Crippen molar-refractivity contribution in [1.82, 2.24) is 4.90 Å². The number of ether oxygens (including phenoxy) is 2. The van der Waals surface area contributed by atoms with E-state index in [1.165, 1.54) is 49.5 Å². The van der Waals surface area contributed by atoms with E-state index in [0.717, 1.165) is 11.0 Å². The number of hydrogen-bond donors (Lipinski definition) is 0. The van der Waals surface area contributed by atoms with Gasteiger partial charge in [-0.25, -0.2) is 4.90 Å². The Morgan fingerprint density at radius 2 is 1.77 bits per heavy atom. The van der Waals surface area contributed by atoms with E-state index in [1.807, 2.05) is 0 Å². The molecule has 31 heavy (non-hydrogen) atoms. The Balaban J connectivity index is 1.92. The molecule has 1 fully saturated rings. The predicted molar refractivity (Wildman–Crippen MR) is 109 cm³/mol. The van der Waals surface area contributed by atoms with E-state index in [-0.39, 0.29) is 28.5 Å². The Morgan fingerprint density at radius 1 is 1.10 bits per heavy atom. The van der Waals surface area contributed by atoms with E-state index in [2.05, 4.69) is 0 Å². The minimum atomic E-state index is -0.899. The number of imide groups is 1. The average Bonchev–Trinajstić information content (AvgIpc) is 3.25. The van der Waals surface area contributed by atoms with Crippen molar-refractivity contribution >= 4 is 29.1 Å². The quantitative estimate of drug-likeness (QED) is 0.419. The summed E-state index contributed by atoms with van der Waals surface area (Å²) in [7, 11) is 2.80. The van der Waals surface area contributed by atoms with E-state index < -0.39 is 28.5 Å². The minimum Gasteiger partial charge on any atom is -0.497 e. The molecule has 10 heteroatoms. The highest BCUT2D eigenvalue weighted by atomic mass is 16.6. The van der Waals surface area contributed by atoms with E-state index >= 15 is 0 Å². The molecule has 2 heterocycles. The molecular weight excluding hydrogens is 406 g/mol. The van der Waals surface area contributed by atoms with Gasteiger partial charge in [-0.2, -0.15) is 0 Å². The summed E-state index contributed by atoms with van der Waals surface area (Å²) in [5.74, 6) is -1.28. The van der Waals surface area contributed by atoms with Crippen LogP contribution in [0.4, 0.5) is 11.4 Å². The molecule has 0 saturated carbocycles. The Kier molecular flexibility index (Phi) is 5.05. The van der Waals surface area contributed by atoms with Crippen molar-refractivity contribution in [3.63, 3.8) is 0 Å². The largest absolute Gasteiger partial charge is 0.497 e. The van der Waals surface area contributed by atoms with Gasteiger partial charge < -0.3 is 14.4 Å². The molecule has 0 unspecified atom stereocenters.